The molecular formula is C23H23ClFN7. The van der Waals surface area contributed by atoms with E-state index in [1.165, 1.54) is 12.1 Å². The number of benzene rings is 2. The van der Waals surface area contributed by atoms with E-state index in [1.54, 1.807) is 24.7 Å². The molecule has 2 aromatic carbocycles. The second-order valence-electron chi connectivity index (χ2n) is 7.12. The fourth-order valence-corrected chi connectivity index (χ4v) is 3.29. The van der Waals surface area contributed by atoms with Crippen LogP contribution < -0.4 is 16.0 Å². The normalized spacial score (nSPS) is 10.8. The van der Waals surface area contributed by atoms with E-state index in [4.69, 9.17) is 11.6 Å². The molecule has 4 aromatic rings. The van der Waals surface area contributed by atoms with Gasteiger partial charge in [-0.25, -0.2) is 9.37 Å². The molecule has 0 bridgehead atoms. The van der Waals surface area contributed by atoms with Crippen molar-refractivity contribution in [1.29, 1.82) is 0 Å². The average Bonchev–Trinajstić information content (AvgIpc) is 3.34. The van der Waals surface area contributed by atoms with Gasteiger partial charge in [-0.05, 0) is 35.4 Å². The van der Waals surface area contributed by atoms with Crippen LogP contribution in [0.2, 0.25) is 5.02 Å². The molecule has 7 nitrogen and oxygen atoms in total. The van der Waals surface area contributed by atoms with E-state index in [0.29, 0.717) is 48.8 Å². The van der Waals surface area contributed by atoms with E-state index < -0.39 is 0 Å². The zero-order valence-corrected chi connectivity index (χ0v) is 18.1. The number of aromatic nitrogens is 4. The summed E-state index contributed by atoms with van der Waals surface area (Å²) < 4.78 is 14.8. The summed E-state index contributed by atoms with van der Waals surface area (Å²) in [6, 6.07) is 16.0. The number of rotatable bonds is 10. The second kappa shape index (κ2) is 10.7. The van der Waals surface area contributed by atoms with Crippen LogP contribution in [0.3, 0.4) is 0 Å². The maximum Gasteiger partial charge on any atom is 0.226 e. The summed E-state index contributed by atoms with van der Waals surface area (Å²) >= 11 is 6.07. The van der Waals surface area contributed by atoms with Crippen LogP contribution in [0, 0.1) is 5.82 Å². The molecule has 0 amide bonds. The molecule has 0 saturated carbocycles. The molecule has 0 atom stereocenters. The molecule has 0 aliphatic carbocycles. The van der Waals surface area contributed by atoms with Crippen molar-refractivity contribution in [3.8, 4) is 5.82 Å². The average molecular weight is 452 g/mol. The van der Waals surface area contributed by atoms with E-state index in [1.807, 2.05) is 41.1 Å². The molecule has 0 spiro atoms. The molecule has 164 valence electrons. The molecule has 0 radical (unpaired) electrons. The Kier molecular flexibility index (Phi) is 7.27. The summed E-state index contributed by atoms with van der Waals surface area (Å²) in [5, 5.41) is 10.6. The van der Waals surface area contributed by atoms with Gasteiger partial charge in [0.25, 0.3) is 0 Å². The van der Waals surface area contributed by atoms with Crippen molar-refractivity contribution in [3.05, 3.63) is 95.3 Å². The largest absolute Gasteiger partial charge is 0.369 e. The van der Waals surface area contributed by atoms with Crippen molar-refractivity contribution >= 4 is 23.4 Å². The van der Waals surface area contributed by atoms with Crippen molar-refractivity contribution in [3.63, 3.8) is 0 Å². The molecule has 3 N–H and O–H groups in total. The van der Waals surface area contributed by atoms with Crippen LogP contribution in [-0.4, -0.2) is 32.6 Å². The molecule has 0 aliphatic heterocycles. The summed E-state index contributed by atoms with van der Waals surface area (Å²) in [7, 11) is 0. The standard InChI is InChI=1S/C23H23ClFN7/c24-19-3-1-2-18(12-19)15-29-23-30-21(13-22(31-23)32-11-10-27-16-32)28-9-8-26-14-17-4-6-20(25)7-5-17/h1-7,10-13,16,26H,8-9,14-15H2,(H2,28,29,30,31). The van der Waals surface area contributed by atoms with E-state index in [-0.39, 0.29) is 5.82 Å². The predicted octanol–water partition coefficient (Wildman–Crippen LogP) is 4.27. The number of halogens is 2. The van der Waals surface area contributed by atoms with Gasteiger partial charge >= 0.3 is 0 Å². The van der Waals surface area contributed by atoms with Gasteiger partial charge in [0.1, 0.15) is 23.8 Å². The summed E-state index contributed by atoms with van der Waals surface area (Å²) in [4.78, 5) is 13.3. The monoisotopic (exact) mass is 451 g/mol. The fourth-order valence-electron chi connectivity index (χ4n) is 3.07. The summed E-state index contributed by atoms with van der Waals surface area (Å²) in [5.74, 6) is 1.67. The molecule has 0 aliphatic rings. The van der Waals surface area contributed by atoms with E-state index in [2.05, 4.69) is 30.9 Å². The van der Waals surface area contributed by atoms with E-state index in [9.17, 15) is 4.39 Å². The lowest BCUT2D eigenvalue weighted by Gasteiger charge is -2.12. The maximum atomic E-state index is 13.0. The van der Waals surface area contributed by atoms with Gasteiger partial charge in [0.15, 0.2) is 0 Å². The first-order chi connectivity index (χ1) is 15.7. The zero-order chi connectivity index (χ0) is 22.2. The lowest BCUT2D eigenvalue weighted by Crippen LogP contribution is -2.22. The van der Waals surface area contributed by atoms with Crippen LogP contribution in [0.4, 0.5) is 16.2 Å². The Bertz CT molecular complexity index is 1130. The van der Waals surface area contributed by atoms with Crippen LogP contribution in [-0.2, 0) is 13.1 Å². The van der Waals surface area contributed by atoms with Crippen molar-refractivity contribution in [1.82, 2.24) is 24.8 Å². The Balaban J connectivity index is 1.37. The predicted molar refractivity (Wildman–Crippen MR) is 125 cm³/mol. The van der Waals surface area contributed by atoms with Crippen molar-refractivity contribution < 1.29 is 4.39 Å². The van der Waals surface area contributed by atoms with Crippen LogP contribution in [0.25, 0.3) is 5.82 Å². The van der Waals surface area contributed by atoms with Gasteiger partial charge in [-0.15, -0.1) is 0 Å². The third-order valence-corrected chi connectivity index (χ3v) is 4.91. The molecule has 32 heavy (non-hydrogen) atoms. The number of anilines is 2. The highest BCUT2D eigenvalue weighted by Gasteiger charge is 2.07. The topological polar surface area (TPSA) is 79.7 Å². The summed E-state index contributed by atoms with van der Waals surface area (Å²) in [5.41, 5.74) is 2.07. The van der Waals surface area contributed by atoms with Gasteiger partial charge in [0, 0.05) is 49.7 Å². The Labute approximate surface area is 190 Å². The Hall–Kier alpha value is -3.49. The first-order valence-corrected chi connectivity index (χ1v) is 10.6. The Morgan fingerprint density at radius 3 is 2.56 bits per heavy atom. The van der Waals surface area contributed by atoms with Crippen molar-refractivity contribution in [2.24, 2.45) is 0 Å². The molecule has 4 rings (SSSR count). The lowest BCUT2D eigenvalue weighted by atomic mass is 10.2. The molecule has 2 heterocycles. The van der Waals surface area contributed by atoms with Gasteiger partial charge in [-0.1, -0.05) is 35.9 Å². The Morgan fingerprint density at radius 1 is 0.906 bits per heavy atom. The van der Waals surface area contributed by atoms with Gasteiger partial charge < -0.3 is 16.0 Å². The summed E-state index contributed by atoms with van der Waals surface area (Å²) in [6.07, 6.45) is 5.22. The molecular weight excluding hydrogens is 429 g/mol. The first kappa shape index (κ1) is 21.7. The van der Waals surface area contributed by atoms with Gasteiger partial charge in [0.2, 0.25) is 5.95 Å². The van der Waals surface area contributed by atoms with Crippen LogP contribution in [0.1, 0.15) is 11.1 Å². The van der Waals surface area contributed by atoms with Gasteiger partial charge in [-0.3, -0.25) is 4.57 Å². The summed E-state index contributed by atoms with van der Waals surface area (Å²) in [6.45, 7) is 2.59. The third kappa shape index (κ3) is 6.26. The zero-order valence-electron chi connectivity index (χ0n) is 17.3. The number of hydrogen-bond acceptors (Lipinski definition) is 6. The van der Waals surface area contributed by atoms with Crippen LogP contribution >= 0.6 is 11.6 Å². The number of hydrogen-bond donors (Lipinski definition) is 3. The highest BCUT2D eigenvalue weighted by Crippen LogP contribution is 2.16. The van der Waals surface area contributed by atoms with Crippen molar-refractivity contribution in [2.75, 3.05) is 23.7 Å². The quantitative estimate of drug-likeness (QED) is 0.312. The molecule has 9 heteroatoms. The van der Waals surface area contributed by atoms with E-state index >= 15 is 0 Å². The lowest BCUT2D eigenvalue weighted by molar-refractivity contribution is 0.625. The van der Waals surface area contributed by atoms with Gasteiger partial charge in [-0.2, -0.15) is 9.97 Å². The molecule has 2 aromatic heterocycles. The minimum Gasteiger partial charge on any atom is -0.369 e. The molecule has 0 saturated heterocycles. The smallest absolute Gasteiger partial charge is 0.226 e. The van der Waals surface area contributed by atoms with Crippen LogP contribution in [0.5, 0.6) is 0 Å². The number of nitrogens with zero attached hydrogens (tertiary/aromatic N) is 4. The minimum atomic E-state index is -0.229. The van der Waals surface area contributed by atoms with E-state index in [0.717, 1.165) is 11.1 Å². The van der Waals surface area contributed by atoms with Crippen molar-refractivity contribution in [2.45, 2.75) is 13.1 Å². The number of nitrogens with one attached hydrogen (secondary N) is 3. The fraction of sp³-hybridized carbons (Fsp3) is 0.174. The number of imidazole rings is 1. The Morgan fingerprint density at radius 2 is 1.78 bits per heavy atom. The molecule has 0 fully saturated rings. The second-order valence-corrected chi connectivity index (χ2v) is 7.55. The minimum absolute atomic E-state index is 0.229. The highest BCUT2D eigenvalue weighted by atomic mass is 35.5. The highest BCUT2D eigenvalue weighted by molar-refractivity contribution is 6.30. The first-order valence-electron chi connectivity index (χ1n) is 10.2. The SMILES string of the molecule is Fc1ccc(CNCCNc2cc(-n3ccnc3)nc(NCc3cccc(Cl)c3)n2)cc1. The third-order valence-electron chi connectivity index (χ3n) is 4.67. The van der Waals surface area contributed by atoms with Crippen LogP contribution in [0.15, 0.2) is 73.3 Å². The van der Waals surface area contributed by atoms with Gasteiger partial charge in [0.05, 0.1) is 0 Å². The maximum absolute atomic E-state index is 13.0. The molecule has 0 unspecified atom stereocenters.